The molecule has 1 aliphatic rings. The van der Waals surface area contributed by atoms with Crippen LogP contribution in [0.5, 0.6) is 0 Å². The number of aromatic nitrogens is 2. The molecule has 1 N–H and O–H groups in total. The molecule has 17 heavy (non-hydrogen) atoms. The van der Waals surface area contributed by atoms with Gasteiger partial charge in [-0.3, -0.25) is 4.79 Å². The highest BCUT2D eigenvalue weighted by Gasteiger charge is 2.19. The van der Waals surface area contributed by atoms with Gasteiger partial charge in [-0.1, -0.05) is 0 Å². The molecule has 2 rings (SSSR count). The van der Waals surface area contributed by atoms with E-state index >= 15 is 0 Å². The highest BCUT2D eigenvalue weighted by atomic mass is 16.2. The number of likely N-dealkylation sites (tertiary alicyclic amines) is 1. The normalized spacial score (nSPS) is 17.4. The summed E-state index contributed by atoms with van der Waals surface area (Å²) in [6.07, 6.45) is 7.72. The number of carbonyl (C=O) groups is 1. The maximum Gasteiger partial charge on any atom is 0.219 e. The number of nitrogens with one attached hydrogen (secondary N) is 1. The molecule has 1 aliphatic heterocycles. The van der Waals surface area contributed by atoms with E-state index in [0.29, 0.717) is 6.04 Å². The van der Waals surface area contributed by atoms with Crippen molar-refractivity contribution in [1.29, 1.82) is 0 Å². The molecule has 0 bridgehead atoms. The molecule has 1 aromatic rings. The average Bonchev–Trinajstić information content (AvgIpc) is 2.83. The van der Waals surface area contributed by atoms with Gasteiger partial charge in [-0.05, 0) is 12.8 Å². The molecule has 2 heterocycles. The van der Waals surface area contributed by atoms with Crippen LogP contribution in [-0.4, -0.2) is 46.0 Å². The summed E-state index contributed by atoms with van der Waals surface area (Å²) in [5.41, 5.74) is 0. The molecule has 0 spiro atoms. The fourth-order valence-electron chi connectivity index (χ4n) is 2.22. The van der Waals surface area contributed by atoms with Gasteiger partial charge in [-0.15, -0.1) is 0 Å². The maximum atomic E-state index is 11.2. The Morgan fingerprint density at radius 2 is 2.24 bits per heavy atom. The number of rotatable bonds is 4. The fraction of sp³-hybridized carbons (Fsp3) is 0.667. The smallest absolute Gasteiger partial charge is 0.219 e. The fourth-order valence-corrected chi connectivity index (χ4v) is 2.22. The Balaban J connectivity index is 1.63. The number of carbonyl (C=O) groups excluding carboxylic acids is 1. The summed E-state index contributed by atoms with van der Waals surface area (Å²) in [6, 6.07) is 0.550. The van der Waals surface area contributed by atoms with Gasteiger partial charge >= 0.3 is 0 Å². The lowest BCUT2D eigenvalue weighted by molar-refractivity contribution is -0.129. The lowest BCUT2D eigenvalue weighted by Gasteiger charge is -2.31. The Hall–Kier alpha value is -1.36. The number of hydrogen-bond donors (Lipinski definition) is 1. The van der Waals surface area contributed by atoms with E-state index in [1.165, 1.54) is 0 Å². The van der Waals surface area contributed by atoms with Crippen molar-refractivity contribution in [2.24, 2.45) is 0 Å². The van der Waals surface area contributed by atoms with Crippen LogP contribution in [0, 0.1) is 0 Å². The van der Waals surface area contributed by atoms with Gasteiger partial charge in [0.15, 0.2) is 0 Å². The maximum absolute atomic E-state index is 11.2. The first-order valence-electron chi connectivity index (χ1n) is 6.20. The number of imidazole rings is 1. The zero-order chi connectivity index (χ0) is 12.1. The zero-order valence-corrected chi connectivity index (χ0v) is 10.3. The van der Waals surface area contributed by atoms with Crippen LogP contribution < -0.4 is 5.32 Å². The van der Waals surface area contributed by atoms with E-state index in [0.717, 1.165) is 39.0 Å². The van der Waals surface area contributed by atoms with E-state index in [1.807, 2.05) is 17.4 Å². The van der Waals surface area contributed by atoms with Crippen LogP contribution in [0.4, 0.5) is 0 Å². The molecular weight excluding hydrogens is 216 g/mol. The van der Waals surface area contributed by atoms with Crippen LogP contribution in [0.3, 0.4) is 0 Å². The van der Waals surface area contributed by atoms with Crippen molar-refractivity contribution in [2.45, 2.75) is 32.4 Å². The van der Waals surface area contributed by atoms with E-state index in [4.69, 9.17) is 0 Å². The lowest BCUT2D eigenvalue weighted by Crippen LogP contribution is -2.44. The van der Waals surface area contributed by atoms with Crippen LogP contribution in [-0.2, 0) is 11.3 Å². The number of hydrogen-bond acceptors (Lipinski definition) is 3. The second kappa shape index (κ2) is 5.82. The third-order valence-electron chi connectivity index (χ3n) is 3.30. The molecule has 0 unspecified atom stereocenters. The molecule has 0 aliphatic carbocycles. The molecule has 0 aromatic carbocycles. The zero-order valence-electron chi connectivity index (χ0n) is 10.3. The summed E-state index contributed by atoms with van der Waals surface area (Å²) in [5, 5.41) is 3.53. The Morgan fingerprint density at radius 3 is 2.82 bits per heavy atom. The summed E-state index contributed by atoms with van der Waals surface area (Å²) in [5.74, 6) is 0.196. The van der Waals surface area contributed by atoms with Gasteiger partial charge in [-0.2, -0.15) is 0 Å². The molecule has 0 radical (unpaired) electrons. The Labute approximate surface area is 102 Å². The summed E-state index contributed by atoms with van der Waals surface area (Å²) in [6.45, 7) is 5.33. The topological polar surface area (TPSA) is 50.2 Å². The number of amides is 1. The molecule has 94 valence electrons. The van der Waals surface area contributed by atoms with Gasteiger partial charge in [0, 0.05) is 51.5 Å². The van der Waals surface area contributed by atoms with Crippen molar-refractivity contribution in [1.82, 2.24) is 19.8 Å². The van der Waals surface area contributed by atoms with Gasteiger partial charge in [0.2, 0.25) is 5.91 Å². The van der Waals surface area contributed by atoms with Crippen LogP contribution in [0.15, 0.2) is 18.7 Å². The van der Waals surface area contributed by atoms with Crippen molar-refractivity contribution < 1.29 is 4.79 Å². The Morgan fingerprint density at radius 1 is 1.47 bits per heavy atom. The van der Waals surface area contributed by atoms with Crippen LogP contribution in [0.25, 0.3) is 0 Å². The molecule has 0 saturated carbocycles. The SMILES string of the molecule is CC(=O)N1CCC(NCCn2ccnc2)CC1. The van der Waals surface area contributed by atoms with Crippen LogP contribution in [0.2, 0.25) is 0 Å². The van der Waals surface area contributed by atoms with Gasteiger partial charge in [0.05, 0.1) is 6.33 Å². The van der Waals surface area contributed by atoms with Crippen molar-refractivity contribution in [3.63, 3.8) is 0 Å². The minimum absolute atomic E-state index is 0.196. The largest absolute Gasteiger partial charge is 0.343 e. The van der Waals surface area contributed by atoms with Gasteiger partial charge in [0.25, 0.3) is 0 Å². The summed E-state index contributed by atoms with van der Waals surface area (Å²) in [4.78, 5) is 17.1. The first-order chi connectivity index (χ1) is 8.25. The van der Waals surface area contributed by atoms with Crippen molar-refractivity contribution in [3.05, 3.63) is 18.7 Å². The number of piperidine rings is 1. The highest BCUT2D eigenvalue weighted by Crippen LogP contribution is 2.09. The predicted octanol–water partition coefficient (Wildman–Crippen LogP) is 0.484. The second-order valence-electron chi connectivity index (χ2n) is 4.53. The van der Waals surface area contributed by atoms with E-state index in [-0.39, 0.29) is 5.91 Å². The minimum Gasteiger partial charge on any atom is -0.343 e. The molecule has 0 atom stereocenters. The molecule has 5 nitrogen and oxygen atoms in total. The Bertz CT molecular complexity index is 341. The molecular formula is C12H20N4O. The van der Waals surface area contributed by atoms with E-state index in [2.05, 4.69) is 14.9 Å². The predicted molar refractivity (Wildman–Crippen MR) is 65.5 cm³/mol. The van der Waals surface area contributed by atoms with E-state index < -0.39 is 0 Å². The number of nitrogens with zero attached hydrogens (tertiary/aromatic N) is 3. The molecule has 1 aromatic heterocycles. The first kappa shape index (κ1) is 12.1. The summed E-state index contributed by atoms with van der Waals surface area (Å²) in [7, 11) is 0. The highest BCUT2D eigenvalue weighted by molar-refractivity contribution is 5.73. The van der Waals surface area contributed by atoms with Crippen molar-refractivity contribution in [3.8, 4) is 0 Å². The molecule has 1 amide bonds. The molecule has 1 fully saturated rings. The first-order valence-corrected chi connectivity index (χ1v) is 6.20. The minimum atomic E-state index is 0.196. The monoisotopic (exact) mass is 236 g/mol. The van der Waals surface area contributed by atoms with Gasteiger partial charge in [-0.25, -0.2) is 4.98 Å². The van der Waals surface area contributed by atoms with Crippen molar-refractivity contribution >= 4 is 5.91 Å². The van der Waals surface area contributed by atoms with Gasteiger partial charge in [0.1, 0.15) is 0 Å². The average molecular weight is 236 g/mol. The quantitative estimate of drug-likeness (QED) is 0.827. The van der Waals surface area contributed by atoms with E-state index in [9.17, 15) is 4.79 Å². The van der Waals surface area contributed by atoms with Gasteiger partial charge < -0.3 is 14.8 Å². The summed E-state index contributed by atoms with van der Waals surface area (Å²) < 4.78 is 2.07. The molecule has 5 heteroatoms. The summed E-state index contributed by atoms with van der Waals surface area (Å²) >= 11 is 0. The van der Waals surface area contributed by atoms with Crippen LogP contribution in [0.1, 0.15) is 19.8 Å². The second-order valence-corrected chi connectivity index (χ2v) is 4.53. The third-order valence-corrected chi connectivity index (χ3v) is 3.30. The van der Waals surface area contributed by atoms with Crippen molar-refractivity contribution in [2.75, 3.05) is 19.6 Å². The van der Waals surface area contributed by atoms with E-state index in [1.54, 1.807) is 13.1 Å². The molecule has 1 saturated heterocycles. The lowest BCUT2D eigenvalue weighted by atomic mass is 10.1. The standard InChI is InChI=1S/C12H20N4O/c1-11(17)16-6-2-12(3-7-16)14-5-9-15-8-4-13-10-15/h4,8,10,12,14H,2-3,5-7,9H2,1H3. The Kier molecular flexibility index (Phi) is 4.14. The van der Waals surface area contributed by atoms with Crippen LogP contribution >= 0.6 is 0 Å². The third kappa shape index (κ3) is 3.56.